The van der Waals surface area contributed by atoms with E-state index in [0.29, 0.717) is 11.6 Å². The number of non-ortho nitro benzene ring substituents is 1. The number of nitro groups is 1. The van der Waals surface area contributed by atoms with E-state index in [0.717, 1.165) is 12.8 Å². The molecule has 1 aromatic carbocycles. The predicted octanol–water partition coefficient (Wildman–Crippen LogP) is 2.29. The minimum absolute atomic E-state index is 0.117. The lowest BCUT2D eigenvalue weighted by Gasteiger charge is -2.16. The summed E-state index contributed by atoms with van der Waals surface area (Å²) in [6.07, 6.45) is 5.94. The maximum absolute atomic E-state index is 12.0. The number of nitrogens with zero attached hydrogens (tertiary/aromatic N) is 1. The van der Waals surface area contributed by atoms with Crippen molar-refractivity contribution in [2.24, 2.45) is 17.8 Å². The van der Waals surface area contributed by atoms with Gasteiger partial charge in [0.2, 0.25) is 0 Å². The summed E-state index contributed by atoms with van der Waals surface area (Å²) in [6.45, 7) is -0.390. The molecule has 7 nitrogen and oxygen atoms in total. The Morgan fingerprint density at radius 3 is 2.78 bits per heavy atom. The number of nitro benzene ring substituents is 1. The van der Waals surface area contributed by atoms with Gasteiger partial charge in [0.05, 0.1) is 10.8 Å². The third kappa shape index (κ3) is 3.39. The number of ether oxygens (including phenoxy) is 1. The normalized spacial score (nSPS) is 24.4. The van der Waals surface area contributed by atoms with Crippen LogP contribution in [0.3, 0.4) is 0 Å². The number of anilines is 1. The summed E-state index contributed by atoms with van der Waals surface area (Å²) in [5, 5.41) is 13.2. The number of esters is 1. The molecular formula is C16H16N2O5. The van der Waals surface area contributed by atoms with Crippen molar-refractivity contribution < 1.29 is 19.2 Å². The monoisotopic (exact) mass is 316 g/mol. The Labute approximate surface area is 132 Å². The molecule has 0 radical (unpaired) electrons. The van der Waals surface area contributed by atoms with Gasteiger partial charge >= 0.3 is 5.97 Å². The zero-order chi connectivity index (χ0) is 16.4. The molecule has 2 bridgehead atoms. The van der Waals surface area contributed by atoms with Crippen LogP contribution < -0.4 is 5.32 Å². The lowest BCUT2D eigenvalue weighted by Crippen LogP contribution is -2.26. The van der Waals surface area contributed by atoms with E-state index in [1.807, 2.05) is 6.08 Å². The van der Waals surface area contributed by atoms with Crippen LogP contribution in [0.4, 0.5) is 11.4 Å². The number of fused-ring (bicyclic) bond motifs is 2. The molecule has 1 aromatic rings. The highest BCUT2D eigenvalue weighted by Gasteiger charge is 2.40. The molecule has 1 amide bonds. The standard InChI is InChI=1S/C16H16N2O5/c19-15(17-12-2-1-3-13(8-12)18(21)22)9-23-16(20)14-7-10-4-5-11(14)6-10/h1-5,8,10-11,14H,6-7,9H2,(H,17,19)/t10-,11-,14+/m0/s1. The van der Waals surface area contributed by atoms with E-state index in [9.17, 15) is 19.7 Å². The van der Waals surface area contributed by atoms with Crippen LogP contribution in [0.2, 0.25) is 0 Å². The van der Waals surface area contributed by atoms with Crippen molar-refractivity contribution in [3.05, 3.63) is 46.5 Å². The Morgan fingerprint density at radius 2 is 2.13 bits per heavy atom. The number of amides is 1. The Balaban J connectivity index is 1.50. The second-order valence-corrected chi connectivity index (χ2v) is 5.85. The van der Waals surface area contributed by atoms with Crippen LogP contribution in [0.15, 0.2) is 36.4 Å². The van der Waals surface area contributed by atoms with E-state index in [1.165, 1.54) is 24.3 Å². The van der Waals surface area contributed by atoms with Gasteiger partial charge in [-0.1, -0.05) is 18.2 Å². The van der Waals surface area contributed by atoms with Crippen LogP contribution in [0.5, 0.6) is 0 Å². The second kappa shape index (κ2) is 6.20. The first-order valence-electron chi connectivity index (χ1n) is 7.42. The molecule has 0 heterocycles. The first kappa shape index (κ1) is 15.2. The Bertz CT molecular complexity index is 685. The van der Waals surface area contributed by atoms with Gasteiger partial charge in [-0.25, -0.2) is 0 Å². The van der Waals surface area contributed by atoms with E-state index >= 15 is 0 Å². The van der Waals surface area contributed by atoms with E-state index < -0.39 is 10.8 Å². The molecule has 23 heavy (non-hydrogen) atoms. The maximum Gasteiger partial charge on any atom is 0.310 e. The van der Waals surface area contributed by atoms with Gasteiger partial charge in [0.1, 0.15) is 0 Å². The minimum atomic E-state index is -0.543. The maximum atomic E-state index is 12.0. The number of rotatable bonds is 5. The molecule has 3 atom stereocenters. The van der Waals surface area contributed by atoms with Gasteiger partial charge in [0.15, 0.2) is 6.61 Å². The smallest absolute Gasteiger partial charge is 0.310 e. The fourth-order valence-electron chi connectivity index (χ4n) is 3.19. The first-order chi connectivity index (χ1) is 11.0. The topological polar surface area (TPSA) is 98.5 Å². The lowest BCUT2D eigenvalue weighted by molar-refractivity contribution is -0.384. The quantitative estimate of drug-likeness (QED) is 0.389. The van der Waals surface area contributed by atoms with E-state index in [2.05, 4.69) is 11.4 Å². The fraction of sp³-hybridized carbons (Fsp3) is 0.375. The summed E-state index contributed by atoms with van der Waals surface area (Å²) in [4.78, 5) is 33.9. The van der Waals surface area contributed by atoms with Crippen LogP contribution in [0.25, 0.3) is 0 Å². The van der Waals surface area contributed by atoms with Gasteiger partial charge in [0, 0.05) is 17.8 Å². The predicted molar refractivity (Wildman–Crippen MR) is 81.5 cm³/mol. The van der Waals surface area contributed by atoms with Crippen molar-refractivity contribution in [1.29, 1.82) is 0 Å². The number of nitrogens with one attached hydrogen (secondary N) is 1. The number of allylic oxidation sites excluding steroid dienone is 2. The number of carbonyl (C=O) groups excluding carboxylic acids is 2. The van der Waals surface area contributed by atoms with Gasteiger partial charge in [-0.05, 0) is 30.7 Å². The molecule has 1 saturated carbocycles. The Morgan fingerprint density at radius 1 is 1.30 bits per heavy atom. The summed E-state index contributed by atoms with van der Waals surface area (Å²) in [6, 6.07) is 5.59. The van der Waals surface area contributed by atoms with Crippen molar-refractivity contribution in [2.45, 2.75) is 12.8 Å². The van der Waals surface area contributed by atoms with Gasteiger partial charge in [-0.3, -0.25) is 19.7 Å². The van der Waals surface area contributed by atoms with Crippen molar-refractivity contribution in [3.63, 3.8) is 0 Å². The molecular weight excluding hydrogens is 300 g/mol. The molecule has 0 spiro atoms. The molecule has 0 unspecified atom stereocenters. The summed E-state index contributed by atoms with van der Waals surface area (Å²) in [5.74, 6) is -0.340. The molecule has 3 rings (SSSR count). The number of benzene rings is 1. The summed E-state index contributed by atoms with van der Waals surface area (Å²) < 4.78 is 5.07. The zero-order valence-electron chi connectivity index (χ0n) is 12.3. The fourth-order valence-corrected chi connectivity index (χ4v) is 3.19. The van der Waals surface area contributed by atoms with Gasteiger partial charge in [-0.2, -0.15) is 0 Å². The molecule has 1 N–H and O–H groups in total. The highest BCUT2D eigenvalue weighted by molar-refractivity contribution is 5.93. The Kier molecular flexibility index (Phi) is 4.10. The molecule has 7 heteroatoms. The highest BCUT2D eigenvalue weighted by Crippen LogP contribution is 2.43. The third-order valence-corrected chi connectivity index (χ3v) is 4.27. The molecule has 0 aliphatic heterocycles. The summed E-state index contributed by atoms with van der Waals surface area (Å²) in [5.41, 5.74) is 0.177. The van der Waals surface area contributed by atoms with Gasteiger partial charge in [0.25, 0.3) is 11.6 Å². The van der Waals surface area contributed by atoms with Crippen molar-refractivity contribution in [1.82, 2.24) is 0 Å². The third-order valence-electron chi connectivity index (χ3n) is 4.27. The Hall–Kier alpha value is -2.70. The molecule has 2 aliphatic rings. The molecule has 120 valence electrons. The average Bonchev–Trinajstić information content (AvgIpc) is 3.16. The lowest BCUT2D eigenvalue weighted by atomic mass is 9.94. The second-order valence-electron chi connectivity index (χ2n) is 5.85. The highest BCUT2D eigenvalue weighted by atomic mass is 16.6. The molecule has 0 saturated heterocycles. The zero-order valence-corrected chi connectivity index (χ0v) is 12.3. The summed E-state index contributed by atoms with van der Waals surface area (Å²) >= 11 is 0. The average molecular weight is 316 g/mol. The van der Waals surface area contributed by atoms with Crippen molar-refractivity contribution in [3.8, 4) is 0 Å². The van der Waals surface area contributed by atoms with Crippen LogP contribution in [0.1, 0.15) is 12.8 Å². The minimum Gasteiger partial charge on any atom is -0.455 e. The van der Waals surface area contributed by atoms with Crippen LogP contribution >= 0.6 is 0 Å². The van der Waals surface area contributed by atoms with Crippen molar-refractivity contribution >= 4 is 23.3 Å². The molecule has 2 aliphatic carbocycles. The van der Waals surface area contributed by atoms with E-state index in [4.69, 9.17) is 4.74 Å². The van der Waals surface area contributed by atoms with Gasteiger partial charge in [-0.15, -0.1) is 0 Å². The van der Waals surface area contributed by atoms with Crippen LogP contribution in [-0.2, 0) is 14.3 Å². The molecule has 0 aromatic heterocycles. The number of carbonyl (C=O) groups is 2. The summed E-state index contributed by atoms with van der Waals surface area (Å²) in [7, 11) is 0. The SMILES string of the molecule is O=C(COC(=O)[C@@H]1C[C@H]2C=C[C@H]1C2)Nc1cccc([N+](=O)[O-])c1. The van der Waals surface area contributed by atoms with Crippen LogP contribution in [-0.4, -0.2) is 23.4 Å². The number of hydrogen-bond acceptors (Lipinski definition) is 5. The largest absolute Gasteiger partial charge is 0.455 e. The van der Waals surface area contributed by atoms with Crippen molar-refractivity contribution in [2.75, 3.05) is 11.9 Å². The number of hydrogen-bond donors (Lipinski definition) is 1. The van der Waals surface area contributed by atoms with E-state index in [1.54, 1.807) is 0 Å². The molecule has 1 fully saturated rings. The van der Waals surface area contributed by atoms with E-state index in [-0.39, 0.29) is 30.1 Å². The van der Waals surface area contributed by atoms with Gasteiger partial charge < -0.3 is 10.1 Å². The van der Waals surface area contributed by atoms with Crippen LogP contribution in [0, 0.1) is 27.9 Å². The first-order valence-corrected chi connectivity index (χ1v) is 7.42.